The molecule has 7 nitrogen and oxygen atoms in total. The van der Waals surface area contributed by atoms with Crippen LogP contribution in [0.3, 0.4) is 0 Å². The molecule has 0 fully saturated rings. The molecule has 1 amide bonds. The summed E-state index contributed by atoms with van der Waals surface area (Å²) in [6, 6.07) is 0. The van der Waals surface area contributed by atoms with E-state index in [4.69, 9.17) is 9.47 Å². The second-order valence-corrected chi connectivity index (χ2v) is 5.08. The van der Waals surface area contributed by atoms with E-state index in [9.17, 15) is 14.4 Å². The fraction of sp³-hybridized carbons (Fsp3) is 0.769. The van der Waals surface area contributed by atoms with Crippen molar-refractivity contribution in [1.29, 1.82) is 0 Å². The zero-order chi connectivity index (χ0) is 15.6. The molecule has 0 spiro atoms. The molecule has 0 bridgehead atoms. The Balaban J connectivity index is 3.55. The quantitative estimate of drug-likeness (QED) is 0.433. The molecule has 0 unspecified atom stereocenters. The van der Waals surface area contributed by atoms with Gasteiger partial charge in [-0.1, -0.05) is 0 Å². The lowest BCUT2D eigenvalue weighted by Crippen LogP contribution is -2.33. The van der Waals surface area contributed by atoms with Crippen LogP contribution in [0, 0.1) is 0 Å². The fourth-order valence-electron chi connectivity index (χ4n) is 1.14. The molecule has 0 rings (SSSR count). The van der Waals surface area contributed by atoms with Crippen LogP contribution in [0.15, 0.2) is 0 Å². The number of rotatable bonds is 7. The van der Waals surface area contributed by atoms with Gasteiger partial charge in [-0.15, -0.1) is 0 Å². The lowest BCUT2D eigenvalue weighted by atomic mass is 10.2. The highest BCUT2D eigenvalue weighted by molar-refractivity contribution is 5.77. The lowest BCUT2D eigenvalue weighted by Gasteiger charge is -2.19. The molecule has 1 N–H and O–H groups in total. The molecule has 116 valence electrons. The summed E-state index contributed by atoms with van der Waals surface area (Å²) >= 11 is 0. The predicted molar refractivity (Wildman–Crippen MR) is 71.1 cm³/mol. The van der Waals surface area contributed by atoms with Gasteiger partial charge in [0.05, 0.1) is 26.6 Å². The Morgan fingerprint density at radius 3 is 2.20 bits per heavy atom. The number of hydrogen-bond acceptors (Lipinski definition) is 6. The average Bonchev–Trinajstić information content (AvgIpc) is 2.33. The van der Waals surface area contributed by atoms with E-state index in [2.05, 4.69) is 10.1 Å². The first-order valence-electron chi connectivity index (χ1n) is 6.44. The maximum absolute atomic E-state index is 11.3. The highest BCUT2D eigenvalue weighted by Gasteiger charge is 2.15. The summed E-state index contributed by atoms with van der Waals surface area (Å²) in [5.41, 5.74) is -0.537. The number of ether oxygens (including phenoxy) is 3. The van der Waals surface area contributed by atoms with E-state index in [0.29, 0.717) is 13.0 Å². The van der Waals surface area contributed by atoms with Gasteiger partial charge >= 0.3 is 18.0 Å². The number of alkyl carbamates (subject to hydrolysis) is 1. The SMILES string of the molecule is COC(=O)CCC(=O)OCCCNC(=O)OC(C)(C)C. The smallest absolute Gasteiger partial charge is 0.407 e. The second kappa shape index (κ2) is 9.17. The van der Waals surface area contributed by atoms with Gasteiger partial charge in [-0.3, -0.25) is 9.59 Å². The molecule has 0 aliphatic heterocycles. The summed E-state index contributed by atoms with van der Waals surface area (Å²) in [6.07, 6.45) is -0.0320. The Morgan fingerprint density at radius 1 is 1.05 bits per heavy atom. The van der Waals surface area contributed by atoms with Crippen LogP contribution in [0.1, 0.15) is 40.0 Å². The summed E-state index contributed by atoms with van der Waals surface area (Å²) in [7, 11) is 1.26. The number of carbonyl (C=O) groups excluding carboxylic acids is 3. The molecule has 0 saturated heterocycles. The highest BCUT2D eigenvalue weighted by atomic mass is 16.6. The Hall–Kier alpha value is -1.79. The second-order valence-electron chi connectivity index (χ2n) is 5.08. The van der Waals surface area contributed by atoms with E-state index in [0.717, 1.165) is 0 Å². The van der Waals surface area contributed by atoms with Gasteiger partial charge in [0, 0.05) is 6.54 Å². The number of nitrogens with one attached hydrogen (secondary N) is 1. The molecule has 0 radical (unpaired) electrons. The predicted octanol–water partition coefficient (Wildman–Crippen LogP) is 1.40. The summed E-state index contributed by atoms with van der Waals surface area (Å²) < 4.78 is 14.3. The van der Waals surface area contributed by atoms with Gasteiger partial charge in [0.2, 0.25) is 0 Å². The summed E-state index contributed by atoms with van der Waals surface area (Å²) in [5.74, 6) is -0.916. The first-order chi connectivity index (χ1) is 9.24. The van der Waals surface area contributed by atoms with Crippen molar-refractivity contribution in [3.05, 3.63) is 0 Å². The Morgan fingerprint density at radius 2 is 1.65 bits per heavy atom. The summed E-state index contributed by atoms with van der Waals surface area (Å²) in [4.78, 5) is 33.3. The summed E-state index contributed by atoms with van der Waals surface area (Å²) in [6.45, 7) is 5.84. The topological polar surface area (TPSA) is 90.9 Å². The van der Waals surface area contributed by atoms with Crippen molar-refractivity contribution in [2.45, 2.75) is 45.6 Å². The molecule has 7 heteroatoms. The number of carbonyl (C=O) groups is 3. The van der Waals surface area contributed by atoms with Gasteiger partial charge in [0.25, 0.3) is 0 Å². The van der Waals surface area contributed by atoms with Gasteiger partial charge in [-0.2, -0.15) is 0 Å². The standard InChI is InChI=1S/C13H23NO6/c1-13(2,3)20-12(17)14-8-5-9-19-11(16)7-6-10(15)18-4/h5-9H2,1-4H3,(H,14,17). The van der Waals surface area contributed by atoms with Gasteiger partial charge in [-0.25, -0.2) is 4.79 Å². The first-order valence-corrected chi connectivity index (χ1v) is 6.44. The maximum Gasteiger partial charge on any atom is 0.407 e. The molecule has 20 heavy (non-hydrogen) atoms. The Kier molecular flexibility index (Phi) is 8.35. The number of methoxy groups -OCH3 is 1. The normalized spacial score (nSPS) is 10.6. The lowest BCUT2D eigenvalue weighted by molar-refractivity contribution is -0.149. The van der Waals surface area contributed by atoms with Crippen molar-refractivity contribution < 1.29 is 28.6 Å². The van der Waals surface area contributed by atoms with Crippen LogP contribution >= 0.6 is 0 Å². The minimum Gasteiger partial charge on any atom is -0.469 e. The van der Waals surface area contributed by atoms with E-state index >= 15 is 0 Å². The van der Waals surface area contributed by atoms with Crippen molar-refractivity contribution in [2.75, 3.05) is 20.3 Å². The van der Waals surface area contributed by atoms with Crippen molar-refractivity contribution >= 4 is 18.0 Å². The van der Waals surface area contributed by atoms with Crippen molar-refractivity contribution in [3.63, 3.8) is 0 Å². The molecular weight excluding hydrogens is 266 g/mol. The zero-order valence-corrected chi connectivity index (χ0v) is 12.5. The molecule has 0 aromatic heterocycles. The van der Waals surface area contributed by atoms with Crippen LogP contribution in [0.4, 0.5) is 4.79 Å². The molecule has 0 aromatic rings. The van der Waals surface area contributed by atoms with Gasteiger partial charge in [0.15, 0.2) is 0 Å². The molecule has 0 aromatic carbocycles. The molecule has 0 heterocycles. The number of amides is 1. The van der Waals surface area contributed by atoms with Crippen LogP contribution in [0.5, 0.6) is 0 Å². The average molecular weight is 289 g/mol. The van der Waals surface area contributed by atoms with E-state index < -0.39 is 23.6 Å². The third kappa shape index (κ3) is 11.3. The van der Waals surface area contributed by atoms with Crippen LogP contribution in [0.25, 0.3) is 0 Å². The largest absolute Gasteiger partial charge is 0.469 e. The summed E-state index contributed by atoms with van der Waals surface area (Å²) in [5, 5.41) is 2.55. The van der Waals surface area contributed by atoms with Gasteiger partial charge in [-0.05, 0) is 27.2 Å². The molecule has 0 aliphatic carbocycles. The zero-order valence-electron chi connectivity index (χ0n) is 12.5. The molecule has 0 saturated carbocycles. The van der Waals surface area contributed by atoms with Crippen LogP contribution in [-0.2, 0) is 23.8 Å². The van der Waals surface area contributed by atoms with Crippen LogP contribution < -0.4 is 5.32 Å². The maximum atomic E-state index is 11.3. The molecule has 0 aliphatic rings. The van der Waals surface area contributed by atoms with Crippen molar-refractivity contribution in [2.24, 2.45) is 0 Å². The first kappa shape index (κ1) is 18.2. The molecule has 0 atom stereocenters. The minimum absolute atomic E-state index is 0.00545. The third-order valence-corrected chi connectivity index (χ3v) is 2.01. The monoisotopic (exact) mass is 289 g/mol. The van der Waals surface area contributed by atoms with E-state index in [1.54, 1.807) is 20.8 Å². The third-order valence-electron chi connectivity index (χ3n) is 2.01. The van der Waals surface area contributed by atoms with E-state index in [-0.39, 0.29) is 19.4 Å². The Bertz CT molecular complexity index is 334. The Labute approximate surface area is 118 Å². The molecular formula is C13H23NO6. The number of esters is 2. The highest BCUT2D eigenvalue weighted by Crippen LogP contribution is 2.06. The number of hydrogen-bond donors (Lipinski definition) is 1. The van der Waals surface area contributed by atoms with Gasteiger partial charge in [0.1, 0.15) is 5.60 Å². The van der Waals surface area contributed by atoms with Crippen LogP contribution in [0.2, 0.25) is 0 Å². The minimum atomic E-state index is -0.537. The fourth-order valence-corrected chi connectivity index (χ4v) is 1.14. The van der Waals surface area contributed by atoms with Crippen LogP contribution in [-0.4, -0.2) is 43.9 Å². The van der Waals surface area contributed by atoms with Crippen molar-refractivity contribution in [1.82, 2.24) is 5.32 Å². The van der Waals surface area contributed by atoms with Crippen molar-refractivity contribution in [3.8, 4) is 0 Å². The van der Waals surface area contributed by atoms with Gasteiger partial charge < -0.3 is 19.5 Å². The van der Waals surface area contributed by atoms with E-state index in [1.165, 1.54) is 7.11 Å². The van der Waals surface area contributed by atoms with E-state index in [1.807, 2.05) is 0 Å².